The Morgan fingerprint density at radius 2 is 1.61 bits per heavy atom. The minimum Gasteiger partial charge on any atom is -0.329 e. The molecule has 8 nitrogen and oxygen atoms in total. The average Bonchev–Trinajstić information content (AvgIpc) is 3.36. The van der Waals surface area contributed by atoms with Gasteiger partial charge in [-0.05, 0) is 44.4 Å². The molecule has 0 saturated heterocycles. The number of imide groups is 1. The highest BCUT2D eigenvalue weighted by Crippen LogP contribution is 2.32. The van der Waals surface area contributed by atoms with E-state index in [-0.39, 0.29) is 11.8 Å². The Bertz CT molecular complexity index is 1340. The molecular weight excluding hydrogens is 392 g/mol. The molecule has 1 atom stereocenters. The fourth-order valence-corrected chi connectivity index (χ4v) is 4.39. The van der Waals surface area contributed by atoms with E-state index in [0.29, 0.717) is 28.5 Å². The van der Waals surface area contributed by atoms with E-state index in [1.54, 1.807) is 42.0 Å². The van der Waals surface area contributed by atoms with Crippen LogP contribution in [0.1, 0.15) is 64.6 Å². The van der Waals surface area contributed by atoms with Crippen LogP contribution in [0.3, 0.4) is 0 Å². The van der Waals surface area contributed by atoms with E-state index in [4.69, 9.17) is 4.98 Å². The molecule has 1 aromatic carbocycles. The number of benzene rings is 1. The average molecular weight is 416 g/mol. The molecule has 0 fully saturated rings. The Morgan fingerprint density at radius 3 is 2.23 bits per heavy atom. The number of nitrogens with zero attached hydrogens (tertiary/aromatic N) is 6. The summed E-state index contributed by atoms with van der Waals surface area (Å²) in [5.74, 6) is 0.266. The third kappa shape index (κ3) is 2.71. The molecule has 1 aliphatic rings. The molecule has 0 N–H and O–H groups in total. The second-order valence-corrected chi connectivity index (χ2v) is 8.60. The molecule has 0 radical (unpaired) electrons. The number of fused-ring (bicyclic) bond motifs is 4. The van der Waals surface area contributed by atoms with Crippen LogP contribution in [0.5, 0.6) is 0 Å². The van der Waals surface area contributed by atoms with Gasteiger partial charge in [-0.25, -0.2) is 14.5 Å². The number of amides is 2. The van der Waals surface area contributed by atoms with Crippen molar-refractivity contribution in [3.63, 3.8) is 0 Å². The predicted octanol–water partition coefficient (Wildman–Crippen LogP) is 3.71. The number of rotatable bonds is 4. The van der Waals surface area contributed by atoms with E-state index in [1.165, 1.54) is 4.90 Å². The number of carbonyl (C=O) groups excluding carboxylic acids is 2. The Balaban J connectivity index is 1.62. The van der Waals surface area contributed by atoms with Crippen LogP contribution in [-0.4, -0.2) is 40.9 Å². The molecule has 2 amide bonds. The molecule has 4 heterocycles. The minimum atomic E-state index is -0.596. The van der Waals surface area contributed by atoms with E-state index in [9.17, 15) is 9.59 Å². The van der Waals surface area contributed by atoms with Crippen molar-refractivity contribution in [1.82, 2.24) is 29.0 Å². The lowest BCUT2D eigenvalue weighted by Crippen LogP contribution is -2.33. The molecule has 8 heteroatoms. The zero-order valence-electron chi connectivity index (χ0n) is 18.2. The zero-order valence-corrected chi connectivity index (χ0v) is 18.2. The van der Waals surface area contributed by atoms with Gasteiger partial charge in [-0.3, -0.25) is 14.5 Å². The first-order valence-corrected chi connectivity index (χ1v) is 10.5. The van der Waals surface area contributed by atoms with Crippen LogP contribution in [0.4, 0.5) is 0 Å². The monoisotopic (exact) mass is 416 g/mol. The topological polar surface area (TPSA) is 85.4 Å². The highest BCUT2D eigenvalue weighted by molar-refractivity contribution is 6.21. The van der Waals surface area contributed by atoms with Crippen molar-refractivity contribution >= 4 is 28.5 Å². The van der Waals surface area contributed by atoms with Gasteiger partial charge in [-0.1, -0.05) is 26.0 Å². The Hall–Kier alpha value is -3.55. The van der Waals surface area contributed by atoms with Gasteiger partial charge in [0.2, 0.25) is 0 Å². The fourth-order valence-electron chi connectivity index (χ4n) is 4.39. The third-order valence-electron chi connectivity index (χ3n) is 6.10. The Morgan fingerprint density at radius 1 is 0.968 bits per heavy atom. The molecule has 0 bridgehead atoms. The molecule has 5 rings (SSSR count). The Labute approximate surface area is 179 Å². The molecule has 3 aromatic heterocycles. The lowest BCUT2D eigenvalue weighted by atomic mass is 10.1. The summed E-state index contributed by atoms with van der Waals surface area (Å²) in [6.45, 7) is 11.2. The SMILES string of the molecule is Cc1c(C)n(CC(C)C)c2ncn3nc(C(C)N4C(=O)c5ccccc5C4=O)nc3c12. The van der Waals surface area contributed by atoms with Crippen LogP contribution >= 0.6 is 0 Å². The van der Waals surface area contributed by atoms with Gasteiger partial charge < -0.3 is 4.57 Å². The lowest BCUT2D eigenvalue weighted by Gasteiger charge is -2.19. The molecule has 0 saturated carbocycles. The van der Waals surface area contributed by atoms with Crippen molar-refractivity contribution in [3.8, 4) is 0 Å². The summed E-state index contributed by atoms with van der Waals surface area (Å²) in [4.78, 5) is 36.4. The van der Waals surface area contributed by atoms with Crippen LogP contribution < -0.4 is 0 Å². The maximum atomic E-state index is 12.9. The number of aromatic nitrogens is 5. The van der Waals surface area contributed by atoms with E-state index in [0.717, 1.165) is 28.8 Å². The van der Waals surface area contributed by atoms with Crippen LogP contribution in [0.2, 0.25) is 0 Å². The number of carbonyl (C=O) groups is 2. The largest absolute Gasteiger partial charge is 0.329 e. The molecule has 31 heavy (non-hydrogen) atoms. The van der Waals surface area contributed by atoms with Gasteiger partial charge in [0.25, 0.3) is 11.8 Å². The zero-order chi connectivity index (χ0) is 22.0. The smallest absolute Gasteiger partial charge is 0.262 e. The summed E-state index contributed by atoms with van der Waals surface area (Å²) >= 11 is 0. The maximum absolute atomic E-state index is 12.9. The minimum absolute atomic E-state index is 0.315. The third-order valence-corrected chi connectivity index (χ3v) is 6.10. The highest BCUT2D eigenvalue weighted by Gasteiger charge is 2.40. The van der Waals surface area contributed by atoms with Gasteiger partial charge in [0, 0.05) is 12.2 Å². The van der Waals surface area contributed by atoms with Crippen molar-refractivity contribution in [2.75, 3.05) is 0 Å². The lowest BCUT2D eigenvalue weighted by molar-refractivity contribution is 0.0589. The summed E-state index contributed by atoms with van der Waals surface area (Å²) in [6, 6.07) is 6.28. The van der Waals surface area contributed by atoms with Crippen molar-refractivity contribution in [1.29, 1.82) is 0 Å². The molecule has 0 spiro atoms. The van der Waals surface area contributed by atoms with E-state index in [1.807, 2.05) is 0 Å². The summed E-state index contributed by atoms with van der Waals surface area (Å²) in [6.07, 6.45) is 1.65. The predicted molar refractivity (Wildman–Crippen MR) is 116 cm³/mol. The summed E-state index contributed by atoms with van der Waals surface area (Å²) in [5.41, 5.74) is 4.67. The number of hydrogen-bond acceptors (Lipinski definition) is 5. The van der Waals surface area contributed by atoms with E-state index >= 15 is 0 Å². The van der Waals surface area contributed by atoms with Crippen molar-refractivity contribution in [2.45, 2.75) is 47.2 Å². The first kappa shape index (κ1) is 19.4. The van der Waals surface area contributed by atoms with Crippen molar-refractivity contribution in [2.24, 2.45) is 5.92 Å². The molecule has 4 aromatic rings. The van der Waals surface area contributed by atoms with Gasteiger partial charge in [0.15, 0.2) is 11.5 Å². The summed E-state index contributed by atoms with van der Waals surface area (Å²) in [7, 11) is 0. The van der Waals surface area contributed by atoms with Crippen LogP contribution in [0.25, 0.3) is 16.7 Å². The molecule has 0 aliphatic carbocycles. The van der Waals surface area contributed by atoms with E-state index < -0.39 is 6.04 Å². The second-order valence-electron chi connectivity index (χ2n) is 8.60. The number of hydrogen-bond donors (Lipinski definition) is 0. The molecule has 1 unspecified atom stereocenters. The molecule has 1 aliphatic heterocycles. The first-order valence-electron chi connectivity index (χ1n) is 10.5. The van der Waals surface area contributed by atoms with Gasteiger partial charge in [0.1, 0.15) is 12.0 Å². The second kappa shape index (κ2) is 6.73. The van der Waals surface area contributed by atoms with Gasteiger partial charge in [0.05, 0.1) is 22.6 Å². The van der Waals surface area contributed by atoms with Crippen molar-refractivity contribution < 1.29 is 9.59 Å². The van der Waals surface area contributed by atoms with Crippen LogP contribution in [0, 0.1) is 19.8 Å². The van der Waals surface area contributed by atoms with Crippen LogP contribution in [-0.2, 0) is 6.54 Å². The van der Waals surface area contributed by atoms with Gasteiger partial charge in [-0.2, -0.15) is 0 Å². The number of aryl methyl sites for hydroxylation is 1. The Kier molecular flexibility index (Phi) is 4.22. The first-order chi connectivity index (χ1) is 14.8. The van der Waals surface area contributed by atoms with Crippen molar-refractivity contribution in [3.05, 3.63) is 58.8 Å². The van der Waals surface area contributed by atoms with Gasteiger partial charge in [-0.15, -0.1) is 5.10 Å². The fraction of sp³-hybridized carbons (Fsp3) is 0.348. The molecule has 158 valence electrons. The maximum Gasteiger partial charge on any atom is 0.262 e. The van der Waals surface area contributed by atoms with Crippen LogP contribution in [0.15, 0.2) is 30.6 Å². The quantitative estimate of drug-likeness (QED) is 0.474. The molecular formula is C23H24N6O2. The van der Waals surface area contributed by atoms with E-state index in [2.05, 4.69) is 42.3 Å². The standard InChI is InChI=1S/C23H24N6O2/c1-12(2)10-27-14(4)13(3)18-20(27)24-11-28-21(18)25-19(26-28)15(5)29-22(30)16-8-6-7-9-17(16)23(29)31/h6-9,11-12,15H,10H2,1-5H3. The summed E-state index contributed by atoms with van der Waals surface area (Å²) in [5, 5.41) is 5.52. The normalized spacial score (nSPS) is 15.0. The summed E-state index contributed by atoms with van der Waals surface area (Å²) < 4.78 is 3.86. The highest BCUT2D eigenvalue weighted by atomic mass is 16.2. The van der Waals surface area contributed by atoms with Gasteiger partial charge >= 0.3 is 0 Å².